The fourth-order valence-corrected chi connectivity index (χ4v) is 3.39. The van der Waals surface area contributed by atoms with Crippen molar-refractivity contribution in [1.29, 1.82) is 0 Å². The number of benzene rings is 2. The first kappa shape index (κ1) is 23.5. The van der Waals surface area contributed by atoms with Crippen LogP contribution >= 0.6 is 11.6 Å². The second-order valence-electron chi connectivity index (χ2n) is 7.89. The van der Waals surface area contributed by atoms with Gasteiger partial charge in [0.2, 0.25) is 0 Å². The molecule has 2 aromatic carbocycles. The molecular weight excluding hydrogens is 432 g/mol. The summed E-state index contributed by atoms with van der Waals surface area (Å²) in [5.41, 5.74) is 2.43. The normalized spacial score (nSPS) is 15.8. The third-order valence-corrected chi connectivity index (χ3v) is 5.12. The molecule has 0 saturated carbocycles. The van der Waals surface area contributed by atoms with Crippen molar-refractivity contribution in [3.8, 4) is 11.5 Å². The Morgan fingerprint density at radius 2 is 1.84 bits per heavy atom. The van der Waals surface area contributed by atoms with Crippen LogP contribution in [-0.2, 0) is 16.1 Å². The fraction of sp³-hybridized carbons (Fsp3) is 0.333. The molecule has 0 spiro atoms. The molecule has 2 N–H and O–H groups in total. The number of hydrogen-bond acceptors (Lipinski definition) is 5. The molecule has 170 valence electrons. The first-order chi connectivity index (χ1) is 15.3. The topological polar surface area (TPSA) is 85.9 Å². The van der Waals surface area contributed by atoms with Gasteiger partial charge < -0.3 is 24.8 Å². The minimum atomic E-state index is -0.678. The number of rotatable bonds is 8. The number of methoxy groups -OCH3 is 1. The SMILES string of the molecule is COc1cc(C2NC(=O)NC(C)=C2C(=O)OCC(C)C)ccc1OCc1ccc(Cl)cc1. The van der Waals surface area contributed by atoms with Crippen molar-refractivity contribution in [2.24, 2.45) is 5.92 Å². The average Bonchev–Trinajstić information content (AvgIpc) is 2.76. The van der Waals surface area contributed by atoms with E-state index >= 15 is 0 Å². The van der Waals surface area contributed by atoms with E-state index in [0.29, 0.717) is 40.0 Å². The molecule has 1 heterocycles. The van der Waals surface area contributed by atoms with Gasteiger partial charge in [-0.1, -0.05) is 43.6 Å². The second kappa shape index (κ2) is 10.4. The van der Waals surface area contributed by atoms with Crippen LogP contribution in [0, 0.1) is 5.92 Å². The standard InChI is InChI=1S/C24H27ClN2O5/c1-14(2)12-32-23(28)21-15(3)26-24(29)27-22(21)17-7-10-19(20(11-17)30-4)31-13-16-5-8-18(25)9-6-16/h5-11,14,22H,12-13H2,1-4H3,(H2,26,27,29). The number of esters is 1. The number of urea groups is 1. The molecule has 0 saturated heterocycles. The highest BCUT2D eigenvalue weighted by Gasteiger charge is 2.32. The molecule has 1 aliphatic heterocycles. The van der Waals surface area contributed by atoms with Crippen molar-refractivity contribution in [3.05, 3.63) is 69.9 Å². The van der Waals surface area contributed by atoms with Gasteiger partial charge in [-0.25, -0.2) is 9.59 Å². The summed E-state index contributed by atoms with van der Waals surface area (Å²) in [4.78, 5) is 24.9. The number of halogens is 1. The number of amides is 2. The van der Waals surface area contributed by atoms with Crippen LogP contribution in [0.1, 0.15) is 37.9 Å². The first-order valence-electron chi connectivity index (χ1n) is 10.3. The smallest absolute Gasteiger partial charge is 0.338 e. The third-order valence-electron chi connectivity index (χ3n) is 4.87. The van der Waals surface area contributed by atoms with E-state index in [2.05, 4.69) is 10.6 Å². The summed E-state index contributed by atoms with van der Waals surface area (Å²) in [7, 11) is 1.54. The maximum absolute atomic E-state index is 12.8. The van der Waals surface area contributed by atoms with Crippen LogP contribution < -0.4 is 20.1 Å². The van der Waals surface area contributed by atoms with Crippen LogP contribution in [0.25, 0.3) is 0 Å². The number of allylic oxidation sites excluding steroid dienone is 1. The van der Waals surface area contributed by atoms with Crippen molar-refractivity contribution in [2.45, 2.75) is 33.4 Å². The van der Waals surface area contributed by atoms with Crippen LogP contribution in [-0.4, -0.2) is 25.7 Å². The lowest BCUT2D eigenvalue weighted by Gasteiger charge is -2.28. The molecule has 0 radical (unpaired) electrons. The first-order valence-corrected chi connectivity index (χ1v) is 10.7. The molecule has 32 heavy (non-hydrogen) atoms. The van der Waals surface area contributed by atoms with Gasteiger partial charge in [0.1, 0.15) is 6.61 Å². The van der Waals surface area contributed by atoms with Gasteiger partial charge in [-0.05, 0) is 48.2 Å². The zero-order valence-electron chi connectivity index (χ0n) is 18.5. The maximum atomic E-state index is 12.8. The van der Waals surface area contributed by atoms with Crippen molar-refractivity contribution in [1.82, 2.24) is 10.6 Å². The van der Waals surface area contributed by atoms with Gasteiger partial charge in [0, 0.05) is 10.7 Å². The quantitative estimate of drug-likeness (QED) is 0.557. The molecule has 2 amide bonds. The largest absolute Gasteiger partial charge is 0.493 e. The Balaban J connectivity index is 1.84. The lowest BCUT2D eigenvalue weighted by atomic mass is 9.95. The van der Waals surface area contributed by atoms with Gasteiger partial charge >= 0.3 is 12.0 Å². The van der Waals surface area contributed by atoms with Crippen LogP contribution in [0.3, 0.4) is 0 Å². The van der Waals surface area contributed by atoms with Crippen LogP contribution in [0.15, 0.2) is 53.7 Å². The Kier molecular flexibility index (Phi) is 7.64. The summed E-state index contributed by atoms with van der Waals surface area (Å²) in [6.45, 7) is 6.22. The highest BCUT2D eigenvalue weighted by molar-refractivity contribution is 6.30. The van der Waals surface area contributed by atoms with Crippen molar-refractivity contribution >= 4 is 23.6 Å². The summed E-state index contributed by atoms with van der Waals surface area (Å²) in [5.74, 6) is 0.741. The zero-order chi connectivity index (χ0) is 23.3. The molecule has 7 nitrogen and oxygen atoms in total. The summed E-state index contributed by atoms with van der Waals surface area (Å²) in [6.07, 6.45) is 0. The highest BCUT2D eigenvalue weighted by atomic mass is 35.5. The van der Waals surface area contributed by atoms with E-state index in [9.17, 15) is 9.59 Å². The number of hydrogen-bond donors (Lipinski definition) is 2. The molecule has 0 fully saturated rings. The van der Waals surface area contributed by atoms with Crippen LogP contribution in [0.2, 0.25) is 5.02 Å². The van der Waals surface area contributed by atoms with E-state index in [0.717, 1.165) is 5.56 Å². The van der Waals surface area contributed by atoms with Crippen LogP contribution in [0.5, 0.6) is 11.5 Å². The van der Waals surface area contributed by atoms with E-state index in [1.165, 1.54) is 7.11 Å². The number of carbonyl (C=O) groups excluding carboxylic acids is 2. The Bertz CT molecular complexity index is 1020. The molecule has 2 aromatic rings. The van der Waals surface area contributed by atoms with Gasteiger partial charge in [-0.2, -0.15) is 0 Å². The number of ether oxygens (including phenoxy) is 3. The van der Waals surface area contributed by atoms with Crippen molar-refractivity contribution in [3.63, 3.8) is 0 Å². The number of nitrogens with one attached hydrogen (secondary N) is 2. The predicted molar refractivity (Wildman–Crippen MR) is 122 cm³/mol. The Hall–Kier alpha value is -3.19. The molecule has 1 unspecified atom stereocenters. The lowest BCUT2D eigenvalue weighted by molar-refractivity contribution is -0.140. The third kappa shape index (κ3) is 5.73. The van der Waals surface area contributed by atoms with Gasteiger partial charge in [0.25, 0.3) is 0 Å². The molecule has 0 aromatic heterocycles. The van der Waals surface area contributed by atoms with E-state index in [1.54, 1.807) is 37.3 Å². The van der Waals surface area contributed by atoms with Gasteiger partial charge in [-0.15, -0.1) is 0 Å². The number of carbonyl (C=O) groups is 2. The van der Waals surface area contributed by atoms with Crippen molar-refractivity contribution < 1.29 is 23.8 Å². The highest BCUT2D eigenvalue weighted by Crippen LogP contribution is 2.35. The van der Waals surface area contributed by atoms with E-state index in [1.807, 2.05) is 26.0 Å². The summed E-state index contributed by atoms with van der Waals surface area (Å²) in [5, 5.41) is 6.10. The second-order valence-corrected chi connectivity index (χ2v) is 8.32. The van der Waals surface area contributed by atoms with Gasteiger partial charge in [0.05, 0.1) is 25.3 Å². The Morgan fingerprint density at radius 1 is 1.12 bits per heavy atom. The van der Waals surface area contributed by atoms with E-state index in [4.69, 9.17) is 25.8 Å². The zero-order valence-corrected chi connectivity index (χ0v) is 19.3. The van der Waals surface area contributed by atoms with E-state index in [-0.39, 0.29) is 12.5 Å². The summed E-state index contributed by atoms with van der Waals surface area (Å²) < 4.78 is 16.8. The van der Waals surface area contributed by atoms with Gasteiger partial charge in [-0.3, -0.25) is 0 Å². The fourth-order valence-electron chi connectivity index (χ4n) is 3.26. The Labute approximate surface area is 192 Å². The van der Waals surface area contributed by atoms with Gasteiger partial charge in [0.15, 0.2) is 11.5 Å². The molecule has 0 aliphatic carbocycles. The predicted octanol–water partition coefficient (Wildman–Crippen LogP) is 4.75. The minimum Gasteiger partial charge on any atom is -0.493 e. The molecule has 8 heteroatoms. The molecule has 0 bridgehead atoms. The molecule has 1 aliphatic rings. The van der Waals surface area contributed by atoms with E-state index < -0.39 is 18.0 Å². The average molecular weight is 459 g/mol. The van der Waals surface area contributed by atoms with Crippen LogP contribution in [0.4, 0.5) is 4.79 Å². The monoisotopic (exact) mass is 458 g/mol. The Morgan fingerprint density at radius 3 is 2.50 bits per heavy atom. The summed E-state index contributed by atoms with van der Waals surface area (Å²) in [6, 6.07) is 11.6. The van der Waals surface area contributed by atoms with Crippen molar-refractivity contribution in [2.75, 3.05) is 13.7 Å². The lowest BCUT2D eigenvalue weighted by Crippen LogP contribution is -2.45. The summed E-state index contributed by atoms with van der Waals surface area (Å²) >= 11 is 5.93. The molecular formula is C24H27ClN2O5. The molecule has 3 rings (SSSR count). The molecule has 1 atom stereocenters. The maximum Gasteiger partial charge on any atom is 0.338 e. The minimum absolute atomic E-state index is 0.196.